The quantitative estimate of drug-likeness (QED) is 0.533. The Balaban J connectivity index is 1.93. The van der Waals surface area contributed by atoms with E-state index in [1.165, 1.54) is 19.3 Å². The fourth-order valence-electron chi connectivity index (χ4n) is 1.57. The summed E-state index contributed by atoms with van der Waals surface area (Å²) in [6.45, 7) is 4.45. The number of ether oxygens (including phenoxy) is 2. The Kier molecular flexibility index (Phi) is 6.00. The average molecular weight is 251 g/mol. The van der Waals surface area contributed by atoms with Gasteiger partial charge in [0.05, 0.1) is 19.3 Å². The van der Waals surface area contributed by atoms with Crippen LogP contribution >= 0.6 is 15.9 Å². The maximum atomic E-state index is 5.69. The molecule has 1 aliphatic rings. The van der Waals surface area contributed by atoms with Gasteiger partial charge in [0.1, 0.15) is 0 Å². The molecule has 0 aromatic carbocycles. The molecule has 2 atom stereocenters. The van der Waals surface area contributed by atoms with Gasteiger partial charge in [-0.15, -0.1) is 0 Å². The van der Waals surface area contributed by atoms with Crippen molar-refractivity contribution in [3.8, 4) is 0 Å². The van der Waals surface area contributed by atoms with E-state index in [1.54, 1.807) is 0 Å². The Labute approximate surface area is 89.1 Å². The van der Waals surface area contributed by atoms with E-state index < -0.39 is 0 Å². The van der Waals surface area contributed by atoms with Crippen molar-refractivity contribution >= 4 is 15.9 Å². The van der Waals surface area contributed by atoms with Gasteiger partial charge < -0.3 is 9.47 Å². The summed E-state index contributed by atoms with van der Waals surface area (Å²) in [5, 5.41) is 0. The second-order valence-electron chi connectivity index (χ2n) is 3.47. The molecule has 2 nitrogen and oxygen atoms in total. The van der Waals surface area contributed by atoms with Crippen molar-refractivity contribution in [2.75, 3.05) is 19.8 Å². The molecule has 13 heavy (non-hydrogen) atoms. The minimum absolute atomic E-state index is 0.422. The van der Waals surface area contributed by atoms with E-state index >= 15 is 0 Å². The molecule has 1 saturated carbocycles. The molecule has 0 spiro atoms. The van der Waals surface area contributed by atoms with Crippen LogP contribution in [0.15, 0.2) is 0 Å². The van der Waals surface area contributed by atoms with Gasteiger partial charge in [0.15, 0.2) is 0 Å². The molecule has 0 heterocycles. The normalized spacial score (nSPS) is 28.2. The molecule has 0 radical (unpaired) electrons. The van der Waals surface area contributed by atoms with Crippen molar-refractivity contribution in [2.45, 2.75) is 43.5 Å². The molecule has 2 unspecified atom stereocenters. The topological polar surface area (TPSA) is 18.5 Å². The van der Waals surface area contributed by atoms with E-state index in [4.69, 9.17) is 9.47 Å². The van der Waals surface area contributed by atoms with Gasteiger partial charge in [0, 0.05) is 11.4 Å². The lowest BCUT2D eigenvalue weighted by atomic mass is 10.3. The SMILES string of the molecule is CCCOCCOC1CCCC1Br. The highest BCUT2D eigenvalue weighted by Gasteiger charge is 2.24. The lowest BCUT2D eigenvalue weighted by Gasteiger charge is -2.14. The average Bonchev–Trinajstić information content (AvgIpc) is 2.52. The second-order valence-corrected chi connectivity index (χ2v) is 4.64. The fourth-order valence-corrected chi connectivity index (χ4v) is 2.31. The molecule has 78 valence electrons. The van der Waals surface area contributed by atoms with Gasteiger partial charge in [-0.05, 0) is 25.7 Å². The van der Waals surface area contributed by atoms with Crippen molar-refractivity contribution in [1.82, 2.24) is 0 Å². The zero-order chi connectivity index (χ0) is 9.52. The molecule has 0 saturated heterocycles. The zero-order valence-electron chi connectivity index (χ0n) is 8.30. The number of hydrogen-bond acceptors (Lipinski definition) is 2. The Morgan fingerprint density at radius 1 is 1.23 bits per heavy atom. The molecule has 0 aliphatic heterocycles. The summed E-state index contributed by atoms with van der Waals surface area (Å²) in [4.78, 5) is 0.568. The van der Waals surface area contributed by atoms with E-state index in [1.807, 2.05) is 0 Å². The lowest BCUT2D eigenvalue weighted by Crippen LogP contribution is -2.20. The van der Waals surface area contributed by atoms with Crippen LogP contribution in [0.3, 0.4) is 0 Å². The van der Waals surface area contributed by atoms with Crippen LogP contribution < -0.4 is 0 Å². The fraction of sp³-hybridized carbons (Fsp3) is 1.00. The van der Waals surface area contributed by atoms with Gasteiger partial charge in [-0.1, -0.05) is 22.9 Å². The zero-order valence-corrected chi connectivity index (χ0v) is 9.88. The minimum Gasteiger partial charge on any atom is -0.379 e. The molecule has 0 aromatic rings. The molecule has 0 N–H and O–H groups in total. The first kappa shape index (κ1) is 11.5. The smallest absolute Gasteiger partial charge is 0.0704 e. The Bertz CT molecular complexity index is 130. The highest BCUT2D eigenvalue weighted by molar-refractivity contribution is 9.09. The molecule has 3 heteroatoms. The van der Waals surface area contributed by atoms with Crippen molar-refractivity contribution in [2.24, 2.45) is 0 Å². The monoisotopic (exact) mass is 250 g/mol. The summed E-state index contributed by atoms with van der Waals surface area (Å²) < 4.78 is 11.0. The van der Waals surface area contributed by atoms with E-state index in [2.05, 4.69) is 22.9 Å². The molecule has 0 bridgehead atoms. The van der Waals surface area contributed by atoms with Crippen LogP contribution in [0.2, 0.25) is 0 Å². The molecule has 0 aromatic heterocycles. The number of halogens is 1. The molecule has 1 rings (SSSR count). The van der Waals surface area contributed by atoms with Gasteiger partial charge in [0.2, 0.25) is 0 Å². The summed E-state index contributed by atoms with van der Waals surface area (Å²) >= 11 is 3.62. The van der Waals surface area contributed by atoms with Crippen molar-refractivity contribution in [1.29, 1.82) is 0 Å². The van der Waals surface area contributed by atoms with Crippen LogP contribution in [0.25, 0.3) is 0 Å². The predicted molar refractivity (Wildman–Crippen MR) is 57.4 cm³/mol. The Morgan fingerprint density at radius 3 is 2.69 bits per heavy atom. The van der Waals surface area contributed by atoms with Crippen LogP contribution in [0, 0.1) is 0 Å². The molecule has 1 fully saturated rings. The highest BCUT2D eigenvalue weighted by atomic mass is 79.9. The summed E-state index contributed by atoms with van der Waals surface area (Å²) in [5.74, 6) is 0. The first-order valence-electron chi connectivity index (χ1n) is 5.18. The predicted octanol–water partition coefficient (Wildman–Crippen LogP) is 2.75. The first-order valence-corrected chi connectivity index (χ1v) is 6.09. The van der Waals surface area contributed by atoms with Crippen LogP contribution in [-0.2, 0) is 9.47 Å². The maximum absolute atomic E-state index is 5.69. The van der Waals surface area contributed by atoms with Gasteiger partial charge in [-0.3, -0.25) is 0 Å². The van der Waals surface area contributed by atoms with E-state index in [0.29, 0.717) is 10.9 Å². The largest absolute Gasteiger partial charge is 0.379 e. The summed E-state index contributed by atoms with van der Waals surface area (Å²) in [6, 6.07) is 0. The third kappa shape index (κ3) is 4.43. The van der Waals surface area contributed by atoms with E-state index in [9.17, 15) is 0 Å². The van der Waals surface area contributed by atoms with Crippen LogP contribution in [0.4, 0.5) is 0 Å². The van der Waals surface area contributed by atoms with Crippen LogP contribution in [0.1, 0.15) is 32.6 Å². The second kappa shape index (κ2) is 6.80. The Morgan fingerprint density at radius 2 is 2.08 bits per heavy atom. The van der Waals surface area contributed by atoms with Crippen LogP contribution in [0.5, 0.6) is 0 Å². The lowest BCUT2D eigenvalue weighted by molar-refractivity contribution is 0.0107. The molecule has 0 amide bonds. The van der Waals surface area contributed by atoms with Crippen molar-refractivity contribution in [3.63, 3.8) is 0 Å². The third-order valence-electron chi connectivity index (χ3n) is 2.28. The van der Waals surface area contributed by atoms with Gasteiger partial charge in [-0.25, -0.2) is 0 Å². The van der Waals surface area contributed by atoms with E-state index in [-0.39, 0.29) is 0 Å². The summed E-state index contributed by atoms with van der Waals surface area (Å²) in [6.07, 6.45) is 5.25. The van der Waals surface area contributed by atoms with Crippen LogP contribution in [-0.4, -0.2) is 30.8 Å². The number of rotatable bonds is 6. The third-order valence-corrected chi connectivity index (χ3v) is 3.33. The molecular formula is C10H19BrO2. The Hall–Kier alpha value is 0.400. The van der Waals surface area contributed by atoms with Gasteiger partial charge in [-0.2, -0.15) is 0 Å². The summed E-state index contributed by atoms with van der Waals surface area (Å²) in [7, 11) is 0. The number of hydrogen-bond donors (Lipinski definition) is 0. The minimum atomic E-state index is 0.422. The maximum Gasteiger partial charge on any atom is 0.0704 e. The van der Waals surface area contributed by atoms with Gasteiger partial charge >= 0.3 is 0 Å². The van der Waals surface area contributed by atoms with Crippen molar-refractivity contribution in [3.05, 3.63) is 0 Å². The standard InChI is InChI=1S/C10H19BrO2/c1-2-6-12-7-8-13-10-5-3-4-9(10)11/h9-10H,2-8H2,1H3. The van der Waals surface area contributed by atoms with Gasteiger partial charge in [0.25, 0.3) is 0 Å². The molecular weight excluding hydrogens is 232 g/mol. The van der Waals surface area contributed by atoms with E-state index in [0.717, 1.165) is 26.2 Å². The highest BCUT2D eigenvalue weighted by Crippen LogP contribution is 2.27. The van der Waals surface area contributed by atoms with Crippen molar-refractivity contribution < 1.29 is 9.47 Å². The summed E-state index contributed by atoms with van der Waals surface area (Å²) in [5.41, 5.74) is 0. The molecule has 1 aliphatic carbocycles. The first-order chi connectivity index (χ1) is 6.34. The number of alkyl halides is 1.